The van der Waals surface area contributed by atoms with Crippen molar-refractivity contribution in [1.29, 1.82) is 0 Å². The summed E-state index contributed by atoms with van der Waals surface area (Å²) in [5, 5.41) is 13.5. The first-order chi connectivity index (χ1) is 14.7. The Balaban J connectivity index is 0.00000341. The normalized spacial score (nSPS) is 12.1. The second-order valence-electron chi connectivity index (χ2n) is 7.22. The van der Waals surface area contributed by atoms with E-state index in [2.05, 4.69) is 63.9 Å². The summed E-state index contributed by atoms with van der Waals surface area (Å²) in [5.41, 5.74) is 3.31. The molecule has 0 saturated carbocycles. The highest BCUT2D eigenvalue weighted by Gasteiger charge is 2.06. The fourth-order valence-electron chi connectivity index (χ4n) is 2.96. The van der Waals surface area contributed by atoms with Crippen molar-refractivity contribution in [2.75, 3.05) is 19.7 Å². The summed E-state index contributed by atoms with van der Waals surface area (Å²) in [6.45, 7) is 7.75. The Bertz CT molecular complexity index is 901. The molecule has 31 heavy (non-hydrogen) atoms. The summed E-state index contributed by atoms with van der Waals surface area (Å²) in [6.07, 6.45) is 1.51. The molecule has 3 aromatic rings. The van der Waals surface area contributed by atoms with E-state index < -0.39 is 0 Å². The van der Waals surface area contributed by atoms with Crippen LogP contribution in [0.1, 0.15) is 25.0 Å². The Morgan fingerprint density at radius 1 is 1.10 bits per heavy atom. The summed E-state index contributed by atoms with van der Waals surface area (Å²) in [4.78, 5) is 8.92. The van der Waals surface area contributed by atoms with Gasteiger partial charge in [-0.15, -0.1) is 24.0 Å². The Morgan fingerprint density at radius 3 is 2.65 bits per heavy atom. The lowest BCUT2D eigenvalue weighted by Gasteiger charge is -2.16. The van der Waals surface area contributed by atoms with Crippen LogP contribution in [0.2, 0.25) is 0 Å². The third kappa shape index (κ3) is 8.66. The molecule has 8 heteroatoms. The molecule has 1 unspecified atom stereocenters. The molecule has 0 aliphatic rings. The molecule has 1 aromatic heterocycles. The van der Waals surface area contributed by atoms with Gasteiger partial charge in [0.15, 0.2) is 11.8 Å². The van der Waals surface area contributed by atoms with Gasteiger partial charge >= 0.3 is 0 Å². The monoisotopic (exact) mass is 534 g/mol. The third-order valence-corrected chi connectivity index (χ3v) is 4.51. The van der Waals surface area contributed by atoms with Crippen molar-refractivity contribution < 1.29 is 4.74 Å². The summed E-state index contributed by atoms with van der Waals surface area (Å²) >= 11 is 0. The number of hydrogen-bond donors (Lipinski definition) is 3. The molecule has 166 valence electrons. The molecule has 0 aliphatic carbocycles. The fourth-order valence-corrected chi connectivity index (χ4v) is 2.96. The van der Waals surface area contributed by atoms with Gasteiger partial charge in [0.2, 0.25) is 0 Å². The van der Waals surface area contributed by atoms with Gasteiger partial charge in [-0.25, -0.2) is 9.98 Å². The Morgan fingerprint density at radius 2 is 1.90 bits per heavy atom. The van der Waals surface area contributed by atoms with E-state index in [-0.39, 0.29) is 24.0 Å². The van der Waals surface area contributed by atoms with Crippen molar-refractivity contribution in [2.24, 2.45) is 10.9 Å². The second kappa shape index (κ2) is 13.8. The molecular formula is C23H31IN6O. The van der Waals surface area contributed by atoms with E-state index in [0.29, 0.717) is 25.7 Å². The van der Waals surface area contributed by atoms with Crippen molar-refractivity contribution in [3.63, 3.8) is 0 Å². The molecule has 0 bridgehead atoms. The van der Waals surface area contributed by atoms with Crippen molar-refractivity contribution >= 4 is 29.9 Å². The fraction of sp³-hybridized carbons (Fsp3) is 0.348. The van der Waals surface area contributed by atoms with Gasteiger partial charge in [-0.2, -0.15) is 5.10 Å². The van der Waals surface area contributed by atoms with Crippen LogP contribution in [0.25, 0.3) is 11.4 Å². The molecule has 7 nitrogen and oxygen atoms in total. The lowest BCUT2D eigenvalue weighted by molar-refractivity contribution is 0.0931. The molecule has 3 rings (SSSR count). The smallest absolute Gasteiger partial charge is 0.191 e. The molecule has 2 aromatic carbocycles. The van der Waals surface area contributed by atoms with Crippen molar-refractivity contribution in [2.45, 2.75) is 27.0 Å². The lowest BCUT2D eigenvalue weighted by Crippen LogP contribution is -2.40. The van der Waals surface area contributed by atoms with Gasteiger partial charge in [0.25, 0.3) is 0 Å². The summed E-state index contributed by atoms with van der Waals surface area (Å²) in [7, 11) is 0. The van der Waals surface area contributed by atoms with Crippen molar-refractivity contribution in [3.05, 3.63) is 72.1 Å². The van der Waals surface area contributed by atoms with Crippen LogP contribution in [0.4, 0.5) is 0 Å². The van der Waals surface area contributed by atoms with Crippen LogP contribution in [0.5, 0.6) is 0 Å². The Labute approximate surface area is 201 Å². The maximum absolute atomic E-state index is 5.84. The molecule has 3 N–H and O–H groups in total. The highest BCUT2D eigenvalue weighted by molar-refractivity contribution is 14.0. The summed E-state index contributed by atoms with van der Waals surface area (Å²) < 4.78 is 5.84. The van der Waals surface area contributed by atoms with E-state index in [1.54, 1.807) is 0 Å². The quantitative estimate of drug-likeness (QED) is 0.208. The van der Waals surface area contributed by atoms with E-state index in [9.17, 15) is 0 Å². The van der Waals surface area contributed by atoms with Crippen LogP contribution in [-0.2, 0) is 17.9 Å². The highest BCUT2D eigenvalue weighted by Crippen LogP contribution is 2.15. The number of nitrogens with one attached hydrogen (secondary N) is 3. The molecule has 0 radical (unpaired) electrons. The zero-order valence-electron chi connectivity index (χ0n) is 18.0. The van der Waals surface area contributed by atoms with Crippen LogP contribution in [-0.4, -0.2) is 40.8 Å². The van der Waals surface area contributed by atoms with Gasteiger partial charge in [0.05, 0.1) is 19.8 Å². The van der Waals surface area contributed by atoms with Crippen LogP contribution in [0.15, 0.2) is 65.9 Å². The lowest BCUT2D eigenvalue weighted by atomic mass is 10.1. The zero-order valence-corrected chi connectivity index (χ0v) is 20.4. The van der Waals surface area contributed by atoms with Crippen molar-refractivity contribution in [1.82, 2.24) is 25.8 Å². The highest BCUT2D eigenvalue weighted by atomic mass is 127. The van der Waals surface area contributed by atoms with Crippen LogP contribution >= 0.6 is 24.0 Å². The van der Waals surface area contributed by atoms with E-state index in [0.717, 1.165) is 36.0 Å². The average Bonchev–Trinajstić information content (AvgIpc) is 3.32. The number of rotatable bonds is 10. The SMILES string of the molecule is CCNC(=NCc1cccc(-c2ncn[nH]2)c1)NCC(C)COCc1ccccc1.I. The number of ether oxygens (including phenoxy) is 1. The van der Waals surface area contributed by atoms with Gasteiger partial charge in [0.1, 0.15) is 6.33 Å². The predicted octanol–water partition coefficient (Wildman–Crippen LogP) is 4.00. The third-order valence-electron chi connectivity index (χ3n) is 4.51. The number of aromatic amines is 1. The Hall–Kier alpha value is -2.46. The first-order valence-corrected chi connectivity index (χ1v) is 10.3. The van der Waals surface area contributed by atoms with Gasteiger partial charge < -0.3 is 15.4 Å². The van der Waals surface area contributed by atoms with Crippen LogP contribution in [0.3, 0.4) is 0 Å². The zero-order chi connectivity index (χ0) is 21.0. The minimum atomic E-state index is 0. The topological polar surface area (TPSA) is 87.2 Å². The standard InChI is InChI=1S/C23H30N6O.HI/c1-3-24-23(25-13-18(2)15-30-16-19-8-5-4-6-9-19)26-14-20-10-7-11-21(12-20)22-27-17-28-29-22;/h4-12,17-18H,3,13-16H2,1-2H3,(H2,24,25,26)(H,27,28,29);1H. The maximum atomic E-state index is 5.84. The van der Waals surface area contributed by atoms with Crippen LogP contribution < -0.4 is 10.6 Å². The maximum Gasteiger partial charge on any atom is 0.191 e. The first kappa shape index (κ1) is 24.8. The number of H-pyrrole nitrogens is 1. The number of halogens is 1. The minimum Gasteiger partial charge on any atom is -0.376 e. The second-order valence-corrected chi connectivity index (χ2v) is 7.22. The molecule has 1 heterocycles. The van der Waals surface area contributed by atoms with Gasteiger partial charge in [-0.1, -0.05) is 55.5 Å². The molecule has 0 amide bonds. The molecule has 1 atom stereocenters. The van der Waals surface area contributed by atoms with E-state index in [1.807, 2.05) is 30.3 Å². The van der Waals surface area contributed by atoms with Crippen molar-refractivity contribution in [3.8, 4) is 11.4 Å². The van der Waals surface area contributed by atoms with Crippen LogP contribution in [0, 0.1) is 5.92 Å². The van der Waals surface area contributed by atoms with Gasteiger partial charge in [-0.05, 0) is 30.0 Å². The van der Waals surface area contributed by atoms with E-state index in [1.165, 1.54) is 11.9 Å². The van der Waals surface area contributed by atoms with Gasteiger partial charge in [-0.3, -0.25) is 5.10 Å². The largest absolute Gasteiger partial charge is 0.376 e. The number of guanidine groups is 1. The Kier molecular flexibility index (Phi) is 11.0. The first-order valence-electron chi connectivity index (χ1n) is 10.3. The number of aliphatic imine (C=N–C) groups is 1. The molecule has 0 aliphatic heterocycles. The number of benzene rings is 2. The average molecular weight is 534 g/mol. The minimum absolute atomic E-state index is 0. The van der Waals surface area contributed by atoms with E-state index >= 15 is 0 Å². The molecule has 0 saturated heterocycles. The summed E-state index contributed by atoms with van der Waals surface area (Å²) in [6, 6.07) is 18.4. The van der Waals surface area contributed by atoms with E-state index in [4.69, 9.17) is 9.73 Å². The molecular weight excluding hydrogens is 503 g/mol. The number of nitrogens with zero attached hydrogens (tertiary/aromatic N) is 3. The number of hydrogen-bond acceptors (Lipinski definition) is 4. The predicted molar refractivity (Wildman–Crippen MR) is 135 cm³/mol. The molecule has 0 fully saturated rings. The molecule has 0 spiro atoms. The van der Waals surface area contributed by atoms with Gasteiger partial charge in [0, 0.05) is 18.7 Å². The summed E-state index contributed by atoms with van der Waals surface area (Å²) in [5.74, 6) is 1.93. The number of aromatic nitrogens is 3.